The molecule has 0 unspecified atom stereocenters. The summed E-state index contributed by atoms with van der Waals surface area (Å²) in [5.74, 6) is 0.591. The summed E-state index contributed by atoms with van der Waals surface area (Å²) in [6.07, 6.45) is 3.28. The first kappa shape index (κ1) is 11.3. The summed E-state index contributed by atoms with van der Waals surface area (Å²) in [7, 11) is 1.85. The third-order valence-corrected chi connectivity index (χ3v) is 3.50. The van der Waals surface area contributed by atoms with Crippen molar-refractivity contribution >= 4 is 22.8 Å². The van der Waals surface area contributed by atoms with Gasteiger partial charge in [0.25, 0.3) is 0 Å². The minimum Gasteiger partial charge on any atom is -0.390 e. The van der Waals surface area contributed by atoms with Crippen molar-refractivity contribution in [2.75, 3.05) is 5.75 Å². The Morgan fingerprint density at radius 1 is 1.44 bits per heavy atom. The topological polar surface area (TPSA) is 63.8 Å². The molecule has 2 heterocycles. The Morgan fingerprint density at radius 3 is 2.88 bits per heavy atom. The van der Waals surface area contributed by atoms with E-state index in [0.29, 0.717) is 5.75 Å². The zero-order valence-corrected chi connectivity index (χ0v) is 10.3. The summed E-state index contributed by atoms with van der Waals surface area (Å²) < 4.78 is 1.71. The Balaban J connectivity index is 2.31. The van der Waals surface area contributed by atoms with E-state index in [1.54, 1.807) is 24.7 Å². The van der Waals surface area contributed by atoms with Crippen LogP contribution in [0.5, 0.6) is 0 Å². The van der Waals surface area contributed by atoms with Crippen LogP contribution < -0.4 is 0 Å². The largest absolute Gasteiger partial charge is 0.390 e. The smallest absolute Gasteiger partial charge is 0.162 e. The third kappa shape index (κ3) is 2.33. The lowest BCUT2D eigenvalue weighted by molar-refractivity contribution is 0.107. The molecule has 0 spiro atoms. The van der Waals surface area contributed by atoms with Crippen molar-refractivity contribution in [2.24, 2.45) is 7.05 Å². The molecule has 6 heteroatoms. The van der Waals surface area contributed by atoms with Crippen LogP contribution in [0.1, 0.15) is 13.8 Å². The van der Waals surface area contributed by atoms with Crippen LogP contribution in [0.25, 0.3) is 11.0 Å². The Morgan fingerprint density at radius 2 is 2.19 bits per heavy atom. The molecule has 16 heavy (non-hydrogen) atoms. The molecule has 0 saturated heterocycles. The van der Waals surface area contributed by atoms with Crippen LogP contribution in [0.3, 0.4) is 0 Å². The zero-order chi connectivity index (χ0) is 11.8. The van der Waals surface area contributed by atoms with Crippen molar-refractivity contribution in [3.8, 4) is 0 Å². The van der Waals surface area contributed by atoms with Gasteiger partial charge in [0.1, 0.15) is 11.4 Å². The van der Waals surface area contributed by atoms with E-state index in [4.69, 9.17) is 0 Å². The summed E-state index contributed by atoms with van der Waals surface area (Å²) in [5.41, 5.74) is 0.109. The Hall–Kier alpha value is -1.14. The van der Waals surface area contributed by atoms with Crippen LogP contribution in [0.4, 0.5) is 0 Å². The van der Waals surface area contributed by atoms with Crippen molar-refractivity contribution in [3.05, 3.63) is 12.5 Å². The fourth-order valence-corrected chi connectivity index (χ4v) is 2.21. The van der Waals surface area contributed by atoms with Crippen LogP contribution >= 0.6 is 11.8 Å². The molecule has 0 bridgehead atoms. The predicted octanol–water partition coefficient (Wildman–Crippen LogP) is 1.23. The van der Waals surface area contributed by atoms with Crippen LogP contribution in [0.15, 0.2) is 17.6 Å². The van der Waals surface area contributed by atoms with Crippen LogP contribution in [0.2, 0.25) is 0 Å². The molecule has 1 N–H and O–H groups in total. The normalized spacial score (nSPS) is 12.2. The number of rotatable bonds is 3. The molecular formula is C10H14N4OS. The lowest BCUT2D eigenvalue weighted by atomic mass is 10.2. The van der Waals surface area contributed by atoms with Gasteiger partial charge in [-0.2, -0.15) is 5.10 Å². The summed E-state index contributed by atoms with van der Waals surface area (Å²) in [5, 5.41) is 15.6. The van der Waals surface area contributed by atoms with Gasteiger partial charge in [-0.05, 0) is 13.8 Å². The second-order valence-electron chi connectivity index (χ2n) is 4.29. The van der Waals surface area contributed by atoms with Gasteiger partial charge in [-0.15, -0.1) is 11.8 Å². The molecule has 2 rings (SSSR count). The van der Waals surface area contributed by atoms with Crippen LogP contribution in [0, 0.1) is 0 Å². The molecule has 0 atom stereocenters. The van der Waals surface area contributed by atoms with E-state index in [2.05, 4.69) is 15.1 Å². The Kier molecular flexibility index (Phi) is 2.86. The van der Waals surface area contributed by atoms with Gasteiger partial charge in [-0.1, -0.05) is 0 Å². The van der Waals surface area contributed by atoms with Crippen LogP contribution in [-0.4, -0.2) is 36.2 Å². The predicted molar refractivity (Wildman–Crippen MR) is 63.3 cm³/mol. The molecular weight excluding hydrogens is 224 g/mol. The van der Waals surface area contributed by atoms with E-state index in [1.807, 2.05) is 7.05 Å². The molecule has 0 amide bonds. The first-order valence-corrected chi connectivity index (χ1v) is 5.94. The van der Waals surface area contributed by atoms with E-state index in [1.165, 1.54) is 18.1 Å². The van der Waals surface area contributed by atoms with Gasteiger partial charge >= 0.3 is 0 Å². The molecule has 2 aromatic rings. The van der Waals surface area contributed by atoms with Crippen molar-refractivity contribution < 1.29 is 5.11 Å². The minimum atomic E-state index is -0.704. The molecule has 0 aliphatic heterocycles. The summed E-state index contributed by atoms with van der Waals surface area (Å²) in [6.45, 7) is 3.56. The maximum atomic E-state index is 9.67. The number of hydrogen-bond donors (Lipinski definition) is 1. The summed E-state index contributed by atoms with van der Waals surface area (Å²) in [4.78, 5) is 8.37. The maximum absolute atomic E-state index is 9.67. The van der Waals surface area contributed by atoms with E-state index >= 15 is 0 Å². The highest BCUT2D eigenvalue weighted by molar-refractivity contribution is 7.99. The highest BCUT2D eigenvalue weighted by Gasteiger charge is 2.15. The molecule has 5 nitrogen and oxygen atoms in total. The van der Waals surface area contributed by atoms with E-state index < -0.39 is 5.60 Å². The molecule has 0 saturated carbocycles. The monoisotopic (exact) mass is 238 g/mol. The van der Waals surface area contributed by atoms with Crippen molar-refractivity contribution in [1.29, 1.82) is 0 Å². The summed E-state index contributed by atoms with van der Waals surface area (Å²) in [6, 6.07) is 0. The molecule has 86 valence electrons. The minimum absolute atomic E-state index is 0.591. The zero-order valence-electron chi connectivity index (χ0n) is 9.51. The van der Waals surface area contributed by atoms with E-state index in [-0.39, 0.29) is 0 Å². The number of hydrogen-bond acceptors (Lipinski definition) is 5. The number of fused-ring (bicyclic) bond motifs is 1. The fraction of sp³-hybridized carbons (Fsp3) is 0.500. The molecule has 0 radical (unpaired) electrons. The second-order valence-corrected chi connectivity index (χ2v) is 5.25. The molecule has 0 aliphatic rings. The highest BCUT2D eigenvalue weighted by atomic mass is 32.2. The van der Waals surface area contributed by atoms with Crippen molar-refractivity contribution in [2.45, 2.75) is 24.5 Å². The lowest BCUT2D eigenvalue weighted by Crippen LogP contribution is -2.21. The number of aryl methyl sites for hydroxylation is 1. The number of aromatic nitrogens is 4. The van der Waals surface area contributed by atoms with E-state index in [0.717, 1.165) is 16.1 Å². The van der Waals surface area contributed by atoms with Crippen molar-refractivity contribution in [3.63, 3.8) is 0 Å². The fourth-order valence-electron chi connectivity index (χ4n) is 1.30. The van der Waals surface area contributed by atoms with Gasteiger partial charge in [0.2, 0.25) is 0 Å². The van der Waals surface area contributed by atoms with Gasteiger partial charge in [0.05, 0.1) is 17.2 Å². The van der Waals surface area contributed by atoms with Gasteiger partial charge in [-0.25, -0.2) is 9.97 Å². The quantitative estimate of drug-likeness (QED) is 0.643. The number of nitrogens with zero attached hydrogens (tertiary/aromatic N) is 4. The standard InChI is InChI=1S/C10H14N4OS/c1-10(2,15)5-16-9-7-4-13-14(3)8(7)11-6-12-9/h4,6,15H,5H2,1-3H3. The van der Waals surface area contributed by atoms with Gasteiger partial charge in [0, 0.05) is 12.8 Å². The van der Waals surface area contributed by atoms with Gasteiger partial charge in [-0.3, -0.25) is 4.68 Å². The number of thioether (sulfide) groups is 1. The summed E-state index contributed by atoms with van der Waals surface area (Å²) >= 11 is 1.52. The van der Waals surface area contributed by atoms with Gasteiger partial charge < -0.3 is 5.11 Å². The maximum Gasteiger partial charge on any atom is 0.162 e. The average molecular weight is 238 g/mol. The van der Waals surface area contributed by atoms with Crippen molar-refractivity contribution in [1.82, 2.24) is 19.7 Å². The first-order valence-electron chi connectivity index (χ1n) is 4.95. The molecule has 0 aromatic carbocycles. The molecule has 2 aromatic heterocycles. The molecule has 0 aliphatic carbocycles. The lowest BCUT2D eigenvalue weighted by Gasteiger charge is -2.15. The third-order valence-electron chi connectivity index (χ3n) is 2.05. The SMILES string of the molecule is Cn1ncc2c(SCC(C)(C)O)ncnc21. The Labute approximate surface area is 97.9 Å². The first-order chi connectivity index (χ1) is 7.47. The molecule has 0 fully saturated rings. The second kappa shape index (κ2) is 4.03. The average Bonchev–Trinajstić information content (AvgIpc) is 2.57. The van der Waals surface area contributed by atoms with Gasteiger partial charge in [0.15, 0.2) is 5.65 Å². The number of aliphatic hydroxyl groups is 1. The Bertz CT molecular complexity index is 503. The van der Waals surface area contributed by atoms with E-state index in [9.17, 15) is 5.11 Å². The highest BCUT2D eigenvalue weighted by Crippen LogP contribution is 2.26. The van der Waals surface area contributed by atoms with Crippen LogP contribution in [-0.2, 0) is 7.05 Å².